The van der Waals surface area contributed by atoms with Gasteiger partial charge in [0.1, 0.15) is 15.9 Å². The van der Waals surface area contributed by atoms with Crippen molar-refractivity contribution in [3.05, 3.63) is 27.0 Å². The summed E-state index contributed by atoms with van der Waals surface area (Å²) in [6, 6.07) is -0.958. The van der Waals surface area contributed by atoms with Gasteiger partial charge in [0.2, 0.25) is 11.0 Å². The molecule has 4 heterocycles. The van der Waals surface area contributed by atoms with E-state index in [1.54, 1.807) is 7.05 Å². The Kier molecular flexibility index (Phi) is 7.22. The second kappa shape index (κ2) is 9.99. The summed E-state index contributed by atoms with van der Waals surface area (Å²) in [6.45, 7) is 0. The van der Waals surface area contributed by atoms with Crippen molar-refractivity contribution in [2.75, 3.05) is 17.2 Å². The van der Waals surface area contributed by atoms with Gasteiger partial charge >= 0.3 is 6.16 Å². The van der Waals surface area contributed by atoms with Gasteiger partial charge in [0.25, 0.3) is 11.8 Å². The van der Waals surface area contributed by atoms with Gasteiger partial charge in [0, 0.05) is 29.5 Å². The third-order valence-corrected chi connectivity index (χ3v) is 8.10. The van der Waals surface area contributed by atoms with Crippen LogP contribution in [0.1, 0.15) is 5.69 Å². The number of halogens is 2. The van der Waals surface area contributed by atoms with Crippen LogP contribution in [0.3, 0.4) is 0 Å². The maximum absolute atomic E-state index is 12.9. The highest BCUT2D eigenvalue weighted by molar-refractivity contribution is 8.01. The van der Waals surface area contributed by atoms with Gasteiger partial charge in [0.05, 0.1) is 11.3 Å². The number of rotatable bonds is 7. The second-order valence-electron chi connectivity index (χ2n) is 6.72. The molecule has 2 aromatic heterocycles. The summed E-state index contributed by atoms with van der Waals surface area (Å²) in [4.78, 5) is 42.3. The summed E-state index contributed by atoms with van der Waals surface area (Å²) in [6.07, 6.45) is -1.57. The van der Waals surface area contributed by atoms with E-state index in [0.29, 0.717) is 16.5 Å². The van der Waals surface area contributed by atoms with Crippen LogP contribution < -0.4 is 11.1 Å². The molecule has 2 atom stereocenters. The Morgan fingerprint density at radius 2 is 2.21 bits per heavy atom. The van der Waals surface area contributed by atoms with Crippen molar-refractivity contribution in [3.63, 3.8) is 0 Å². The van der Waals surface area contributed by atoms with E-state index in [0.717, 1.165) is 11.3 Å². The molecule has 0 spiro atoms. The maximum atomic E-state index is 12.9. The molecule has 2 aromatic rings. The van der Waals surface area contributed by atoms with Gasteiger partial charge < -0.3 is 20.9 Å². The molecular formula is C16H14Cl2N8O5S3. The number of aryl methyl sites for hydroxylation is 1. The lowest BCUT2D eigenvalue weighted by Gasteiger charge is -2.49. The fourth-order valence-corrected chi connectivity index (χ4v) is 6.34. The lowest BCUT2D eigenvalue weighted by atomic mass is 10.1. The summed E-state index contributed by atoms with van der Waals surface area (Å²) >= 11 is 15.5. The number of amides is 2. The number of nitrogens with two attached hydrogens (primary N) is 1. The van der Waals surface area contributed by atoms with Crippen molar-refractivity contribution in [3.8, 4) is 0 Å². The number of fused-ring (bicyclic) bond motifs is 1. The number of nitrogens with one attached hydrogen (secondary N) is 1. The quantitative estimate of drug-likeness (QED) is 0.191. The third-order valence-electron chi connectivity index (χ3n) is 4.61. The number of tetrazole rings is 1. The smallest absolute Gasteiger partial charge is 0.449 e. The van der Waals surface area contributed by atoms with Crippen LogP contribution >= 0.6 is 58.1 Å². The predicted molar refractivity (Wildman–Crippen MR) is 126 cm³/mol. The van der Waals surface area contributed by atoms with E-state index in [9.17, 15) is 19.5 Å². The number of anilines is 1. The topological polar surface area (TPSA) is 178 Å². The highest BCUT2D eigenvalue weighted by Crippen LogP contribution is 2.42. The van der Waals surface area contributed by atoms with Gasteiger partial charge in [-0.1, -0.05) is 35.0 Å². The molecule has 2 aliphatic rings. The lowest BCUT2D eigenvalue weighted by molar-refractivity contribution is -0.148. The van der Waals surface area contributed by atoms with Gasteiger partial charge in [-0.3, -0.25) is 14.5 Å². The van der Waals surface area contributed by atoms with Crippen LogP contribution in [0, 0.1) is 0 Å². The summed E-state index contributed by atoms with van der Waals surface area (Å²) in [7, 11) is 1.67. The van der Waals surface area contributed by atoms with Crippen LogP contribution in [0.4, 0.5) is 9.93 Å². The Labute approximate surface area is 213 Å². The molecule has 1 fully saturated rings. The van der Waals surface area contributed by atoms with Gasteiger partial charge in [0.15, 0.2) is 5.13 Å². The number of carbonyl (C=O) groups excluding carboxylic acids is 2. The first-order chi connectivity index (χ1) is 16.2. The summed E-state index contributed by atoms with van der Waals surface area (Å²) < 4.78 is 6.07. The van der Waals surface area contributed by atoms with Gasteiger partial charge in [-0.15, -0.1) is 28.2 Å². The van der Waals surface area contributed by atoms with Crippen molar-refractivity contribution in [1.82, 2.24) is 35.4 Å². The number of aromatic nitrogens is 5. The number of nitrogens with zero attached hydrogens (tertiary/aromatic N) is 6. The molecule has 1 unspecified atom stereocenters. The van der Waals surface area contributed by atoms with E-state index < -0.39 is 29.4 Å². The van der Waals surface area contributed by atoms with Crippen LogP contribution in [0.5, 0.6) is 0 Å². The third kappa shape index (κ3) is 4.81. The van der Waals surface area contributed by atoms with E-state index in [1.807, 2.05) is 0 Å². The number of carboxylic acid groups (broad SMARTS) is 1. The first-order valence-electron chi connectivity index (χ1n) is 9.17. The Balaban J connectivity index is 1.51. The average molecular weight is 565 g/mol. The zero-order valence-electron chi connectivity index (χ0n) is 17.0. The molecule has 0 saturated carbocycles. The van der Waals surface area contributed by atoms with Crippen LogP contribution in [0.15, 0.2) is 26.5 Å². The lowest BCUT2D eigenvalue weighted by Crippen LogP contribution is -2.70. The standard InChI is InChI=1S/C16H14Cl2N8O5S3/c1-25-15(22-23-24-25)34-3-5-2-32-13-8(11(28)26(13)12(5)31-16(29)30)21-10(27)7(9(17)18)6-4-33-14(19)20-6/h4,8,13H,2-3H2,1H3,(H2,19,20)(H,21,27)(H,29,30)/t8?,13-/m0/s1. The monoisotopic (exact) mass is 564 g/mol. The normalized spacial score (nSPS) is 19.4. The van der Waals surface area contributed by atoms with Crippen molar-refractivity contribution >= 4 is 86.7 Å². The van der Waals surface area contributed by atoms with Gasteiger partial charge in [-0.05, 0) is 10.4 Å². The molecule has 13 nitrogen and oxygen atoms in total. The van der Waals surface area contributed by atoms with E-state index in [1.165, 1.54) is 38.5 Å². The number of hydrogen-bond donors (Lipinski definition) is 3. The minimum Gasteiger partial charge on any atom is -0.449 e. The van der Waals surface area contributed by atoms with Crippen LogP contribution in [-0.4, -0.2) is 76.1 Å². The summed E-state index contributed by atoms with van der Waals surface area (Å²) in [5.74, 6) is -0.717. The Bertz CT molecular complexity index is 1230. The summed E-state index contributed by atoms with van der Waals surface area (Å²) in [5.41, 5.74) is 6.23. The average Bonchev–Trinajstić information content (AvgIpc) is 3.37. The molecule has 34 heavy (non-hydrogen) atoms. The first kappa shape index (κ1) is 24.6. The fourth-order valence-electron chi connectivity index (χ4n) is 3.12. The van der Waals surface area contributed by atoms with Crippen molar-refractivity contribution < 1.29 is 24.2 Å². The number of β-lactam (4-membered cyclic amide) rings is 1. The minimum absolute atomic E-state index is 0.0900. The molecule has 2 aliphatic heterocycles. The number of thiazole rings is 1. The summed E-state index contributed by atoms with van der Waals surface area (Å²) in [5, 5.41) is 24.6. The van der Waals surface area contributed by atoms with Crippen molar-refractivity contribution in [2.24, 2.45) is 7.05 Å². The van der Waals surface area contributed by atoms with E-state index >= 15 is 0 Å². The highest BCUT2D eigenvalue weighted by atomic mass is 35.5. The van der Waals surface area contributed by atoms with Gasteiger partial charge in [-0.25, -0.2) is 14.5 Å². The molecule has 1 saturated heterocycles. The van der Waals surface area contributed by atoms with Gasteiger partial charge in [-0.2, -0.15) is 0 Å². The number of carbonyl (C=O) groups is 3. The minimum atomic E-state index is -1.57. The molecule has 180 valence electrons. The predicted octanol–water partition coefficient (Wildman–Crippen LogP) is 1.49. The zero-order chi connectivity index (χ0) is 24.6. The van der Waals surface area contributed by atoms with Crippen LogP contribution in [0.25, 0.3) is 5.57 Å². The van der Waals surface area contributed by atoms with Crippen molar-refractivity contribution in [1.29, 1.82) is 0 Å². The molecule has 0 bridgehead atoms. The Morgan fingerprint density at radius 3 is 2.79 bits per heavy atom. The molecule has 4 N–H and O–H groups in total. The molecule has 4 rings (SSSR count). The van der Waals surface area contributed by atoms with Crippen LogP contribution in [-0.2, 0) is 21.4 Å². The SMILES string of the molecule is Cn1nnnc1SCC1=C(OC(=O)O)N2C(=O)C(NC(=O)C(=C(Cl)Cl)c3csc(N)n3)[C@@H]2SC1. The number of ether oxygens (including phenoxy) is 1. The number of thioether (sulfide) groups is 2. The molecule has 0 radical (unpaired) electrons. The first-order valence-corrected chi connectivity index (χ1v) is 12.8. The Morgan fingerprint density at radius 1 is 1.44 bits per heavy atom. The van der Waals surface area contributed by atoms with E-state index in [4.69, 9.17) is 33.7 Å². The molecule has 0 aliphatic carbocycles. The Hall–Kier alpha value is -2.53. The fraction of sp³-hybridized carbons (Fsp3) is 0.312. The zero-order valence-corrected chi connectivity index (χ0v) is 20.9. The molecular weight excluding hydrogens is 551 g/mol. The van der Waals surface area contributed by atoms with Crippen molar-refractivity contribution in [2.45, 2.75) is 16.6 Å². The largest absolute Gasteiger partial charge is 0.512 e. The molecule has 18 heteroatoms. The van der Waals surface area contributed by atoms with E-state index in [2.05, 4.69) is 25.8 Å². The number of hydrogen-bond acceptors (Lipinski definition) is 12. The molecule has 2 amide bonds. The van der Waals surface area contributed by atoms with Crippen LogP contribution in [0.2, 0.25) is 0 Å². The maximum Gasteiger partial charge on any atom is 0.512 e. The second-order valence-corrected chi connectivity index (χ2v) is 10.6. The number of nitrogen functional groups attached to an aromatic ring is 1. The molecule has 0 aromatic carbocycles. The van der Waals surface area contributed by atoms with E-state index in [-0.39, 0.29) is 32.5 Å². The highest BCUT2D eigenvalue weighted by Gasteiger charge is 2.54.